The molecule has 0 spiro atoms. The molecule has 0 heterocycles. The molecule has 0 radical (unpaired) electrons. The van der Waals surface area contributed by atoms with E-state index in [1.165, 1.54) is 45.6 Å². The lowest BCUT2D eigenvalue weighted by Gasteiger charge is -2.28. The third-order valence-electron chi connectivity index (χ3n) is 6.84. The summed E-state index contributed by atoms with van der Waals surface area (Å²) in [6.45, 7) is 1.97. The van der Waals surface area contributed by atoms with Crippen LogP contribution >= 0.6 is 0 Å². The fraction of sp³-hybridized carbons (Fsp3) is 0.458. The molecule has 0 saturated heterocycles. The van der Waals surface area contributed by atoms with E-state index in [-0.39, 0.29) is 16.8 Å². The van der Waals surface area contributed by atoms with E-state index in [2.05, 4.69) is 10.0 Å². The number of benzene rings is 2. The van der Waals surface area contributed by atoms with E-state index in [1.807, 2.05) is 6.92 Å². The molecule has 2 aromatic rings. The molecular weight excluding hydrogens is 428 g/mol. The van der Waals surface area contributed by atoms with E-state index >= 15 is 0 Å². The van der Waals surface area contributed by atoms with E-state index in [0.717, 1.165) is 12.3 Å². The van der Waals surface area contributed by atoms with Gasteiger partial charge in [0.2, 0.25) is 10.0 Å². The average Bonchev–Trinajstić information content (AvgIpc) is 3.42. The van der Waals surface area contributed by atoms with Crippen LogP contribution in [0.15, 0.2) is 47.4 Å². The minimum atomic E-state index is -3.62. The zero-order valence-electron chi connectivity index (χ0n) is 18.6. The molecule has 172 valence electrons. The molecule has 2 bridgehead atoms. The molecule has 2 saturated carbocycles. The molecule has 0 unspecified atom stereocenters. The third kappa shape index (κ3) is 4.61. The van der Waals surface area contributed by atoms with Gasteiger partial charge in [-0.25, -0.2) is 13.1 Å². The first-order chi connectivity index (χ1) is 15.3. The maximum atomic E-state index is 12.9. The number of anilines is 1. The van der Waals surface area contributed by atoms with Crippen LogP contribution in [0, 0.1) is 17.8 Å². The van der Waals surface area contributed by atoms with Gasteiger partial charge >= 0.3 is 0 Å². The van der Waals surface area contributed by atoms with E-state index in [9.17, 15) is 13.2 Å². The normalized spacial score (nSPS) is 23.0. The topological polar surface area (TPSA) is 93.7 Å². The molecule has 2 fully saturated rings. The van der Waals surface area contributed by atoms with Crippen molar-refractivity contribution in [2.24, 2.45) is 17.8 Å². The molecule has 2 aliphatic carbocycles. The highest BCUT2D eigenvalue weighted by atomic mass is 32.2. The minimum Gasteiger partial charge on any atom is -0.493 e. The maximum absolute atomic E-state index is 12.9. The number of hydrogen-bond acceptors (Lipinski definition) is 5. The molecule has 2 aromatic carbocycles. The van der Waals surface area contributed by atoms with Gasteiger partial charge in [0, 0.05) is 17.3 Å². The van der Waals surface area contributed by atoms with Crippen LogP contribution in [0.25, 0.3) is 0 Å². The number of rotatable bonds is 8. The summed E-state index contributed by atoms with van der Waals surface area (Å²) < 4.78 is 39.0. The van der Waals surface area contributed by atoms with Gasteiger partial charge in [-0.3, -0.25) is 4.79 Å². The predicted octanol–water partition coefficient (Wildman–Crippen LogP) is 4.06. The van der Waals surface area contributed by atoms with Gasteiger partial charge in [-0.2, -0.15) is 0 Å². The van der Waals surface area contributed by atoms with E-state index in [0.29, 0.717) is 34.6 Å². The number of nitrogens with one attached hydrogen (secondary N) is 2. The predicted molar refractivity (Wildman–Crippen MR) is 123 cm³/mol. The van der Waals surface area contributed by atoms with Crippen molar-refractivity contribution < 1.29 is 22.7 Å². The highest BCUT2D eigenvalue weighted by Crippen LogP contribution is 2.49. The second-order valence-electron chi connectivity index (χ2n) is 8.80. The van der Waals surface area contributed by atoms with Crippen LogP contribution in [0.5, 0.6) is 11.5 Å². The molecule has 1 amide bonds. The van der Waals surface area contributed by atoms with Crippen molar-refractivity contribution in [1.82, 2.24) is 4.72 Å². The van der Waals surface area contributed by atoms with Crippen LogP contribution < -0.4 is 19.5 Å². The van der Waals surface area contributed by atoms with Gasteiger partial charge in [0.25, 0.3) is 5.91 Å². The molecule has 4 rings (SSSR count). The first-order valence-electron chi connectivity index (χ1n) is 11.0. The third-order valence-corrected chi connectivity index (χ3v) is 8.42. The van der Waals surface area contributed by atoms with Gasteiger partial charge in [0.1, 0.15) is 0 Å². The monoisotopic (exact) mass is 458 g/mol. The Kier molecular flexibility index (Phi) is 6.44. The van der Waals surface area contributed by atoms with Crippen LogP contribution in [0.3, 0.4) is 0 Å². The largest absolute Gasteiger partial charge is 0.493 e. The lowest BCUT2D eigenvalue weighted by molar-refractivity contribution is 0.102. The highest BCUT2D eigenvalue weighted by Gasteiger charge is 2.42. The summed E-state index contributed by atoms with van der Waals surface area (Å²) in [6, 6.07) is 11.0. The molecule has 7 nitrogen and oxygen atoms in total. The lowest BCUT2D eigenvalue weighted by atomic mass is 9.84. The van der Waals surface area contributed by atoms with Gasteiger partial charge in [0.05, 0.1) is 19.1 Å². The Labute approximate surface area is 189 Å². The van der Waals surface area contributed by atoms with Crippen molar-refractivity contribution in [2.45, 2.75) is 43.5 Å². The summed E-state index contributed by atoms with van der Waals surface area (Å²) in [4.78, 5) is 12.8. The summed E-state index contributed by atoms with van der Waals surface area (Å²) in [5, 5.41) is 2.78. The molecule has 8 heteroatoms. The summed E-state index contributed by atoms with van der Waals surface area (Å²) in [7, 11) is -0.588. The fourth-order valence-electron chi connectivity index (χ4n) is 5.20. The van der Waals surface area contributed by atoms with Crippen molar-refractivity contribution >= 4 is 21.6 Å². The quantitative estimate of drug-likeness (QED) is 0.622. The molecule has 0 aliphatic heterocycles. The zero-order chi connectivity index (χ0) is 22.9. The molecule has 4 atom stereocenters. The number of carbonyl (C=O) groups excluding carboxylic acids is 1. The summed E-state index contributed by atoms with van der Waals surface area (Å²) >= 11 is 0. The maximum Gasteiger partial charge on any atom is 0.255 e. The Bertz CT molecular complexity index is 1080. The number of carbonyl (C=O) groups is 1. The minimum absolute atomic E-state index is 0.0836. The van der Waals surface area contributed by atoms with Crippen LogP contribution in [0.1, 0.15) is 43.0 Å². The second-order valence-corrected chi connectivity index (χ2v) is 10.5. The molecular formula is C24H30N2O5S. The van der Waals surface area contributed by atoms with Crippen molar-refractivity contribution in [3.63, 3.8) is 0 Å². The zero-order valence-corrected chi connectivity index (χ0v) is 19.4. The summed E-state index contributed by atoms with van der Waals surface area (Å²) in [6.07, 6.45) is 4.87. The van der Waals surface area contributed by atoms with Gasteiger partial charge in [-0.15, -0.1) is 0 Å². The number of ether oxygens (including phenoxy) is 2. The van der Waals surface area contributed by atoms with Crippen LogP contribution in [-0.4, -0.2) is 34.6 Å². The summed E-state index contributed by atoms with van der Waals surface area (Å²) in [5.74, 6) is 2.49. The Hall–Kier alpha value is -2.58. The summed E-state index contributed by atoms with van der Waals surface area (Å²) in [5.41, 5.74) is 0.908. The standard InChI is InChI=1S/C24H30N2O5S/c1-15(21-13-16-4-5-17(21)12-16)26-32(28,29)20-9-7-19(8-10-20)25-24(27)18-6-11-22(30-2)23(14-18)31-3/h6-11,14-17,21,26H,4-5,12-13H2,1-3H3,(H,25,27)/t15-,16+,17+,21+/m1/s1. The van der Waals surface area contributed by atoms with Crippen molar-refractivity contribution in [3.05, 3.63) is 48.0 Å². The van der Waals surface area contributed by atoms with Crippen LogP contribution in [-0.2, 0) is 10.0 Å². The highest BCUT2D eigenvalue weighted by molar-refractivity contribution is 7.89. The number of fused-ring (bicyclic) bond motifs is 2. The fourth-order valence-corrected chi connectivity index (χ4v) is 6.50. The van der Waals surface area contributed by atoms with Crippen molar-refractivity contribution in [3.8, 4) is 11.5 Å². The van der Waals surface area contributed by atoms with Crippen LogP contribution in [0.4, 0.5) is 5.69 Å². The second kappa shape index (κ2) is 9.11. The van der Waals surface area contributed by atoms with E-state index < -0.39 is 10.0 Å². The van der Waals surface area contributed by atoms with Gasteiger partial charge in [0.15, 0.2) is 11.5 Å². The number of methoxy groups -OCH3 is 2. The number of amides is 1. The molecule has 32 heavy (non-hydrogen) atoms. The molecule has 0 aromatic heterocycles. The van der Waals surface area contributed by atoms with Gasteiger partial charge in [-0.05, 0) is 86.4 Å². The average molecular weight is 459 g/mol. The Morgan fingerprint density at radius 1 is 1.00 bits per heavy atom. The van der Waals surface area contributed by atoms with Gasteiger partial charge in [-0.1, -0.05) is 6.42 Å². The van der Waals surface area contributed by atoms with Crippen molar-refractivity contribution in [1.29, 1.82) is 0 Å². The Morgan fingerprint density at radius 2 is 1.72 bits per heavy atom. The molecule has 2 aliphatic rings. The Morgan fingerprint density at radius 3 is 2.31 bits per heavy atom. The van der Waals surface area contributed by atoms with Gasteiger partial charge < -0.3 is 14.8 Å². The van der Waals surface area contributed by atoms with E-state index in [1.54, 1.807) is 30.3 Å². The smallest absolute Gasteiger partial charge is 0.255 e. The van der Waals surface area contributed by atoms with Crippen LogP contribution in [0.2, 0.25) is 0 Å². The molecule has 2 N–H and O–H groups in total. The number of sulfonamides is 1. The first-order valence-corrected chi connectivity index (χ1v) is 12.4. The number of hydrogen-bond donors (Lipinski definition) is 2. The first kappa shape index (κ1) is 22.6. The lowest BCUT2D eigenvalue weighted by Crippen LogP contribution is -2.40. The SMILES string of the molecule is COc1ccc(C(=O)Nc2ccc(S(=O)(=O)N[C@H](C)[C@@H]3C[C@H]4CC[C@H]3C4)cc2)cc1OC. The van der Waals surface area contributed by atoms with Crippen molar-refractivity contribution in [2.75, 3.05) is 19.5 Å². The Balaban J connectivity index is 1.40. The van der Waals surface area contributed by atoms with E-state index in [4.69, 9.17) is 9.47 Å².